The Balaban J connectivity index is 2.56. The van der Waals surface area contributed by atoms with E-state index in [9.17, 15) is 4.79 Å². The van der Waals surface area contributed by atoms with Crippen LogP contribution in [-0.2, 0) is 9.53 Å². The normalized spacial score (nSPS) is 20.6. The van der Waals surface area contributed by atoms with Crippen molar-refractivity contribution in [2.24, 2.45) is 11.1 Å². The van der Waals surface area contributed by atoms with Gasteiger partial charge in [-0.3, -0.25) is 4.79 Å². The van der Waals surface area contributed by atoms with Gasteiger partial charge in [0.2, 0.25) is 0 Å². The number of carbonyl (C=O) groups is 1. The summed E-state index contributed by atoms with van der Waals surface area (Å²) in [6.07, 6.45) is 0. The lowest BCUT2D eigenvalue weighted by Crippen LogP contribution is -2.63. The lowest BCUT2D eigenvalue weighted by atomic mass is 9.82. The number of esters is 1. The highest BCUT2D eigenvalue weighted by Gasteiger charge is 2.45. The Labute approximate surface area is 78.8 Å². The zero-order valence-electron chi connectivity index (χ0n) is 8.52. The number of hydrogen-bond donors (Lipinski definition) is 2. The van der Waals surface area contributed by atoms with Crippen LogP contribution in [0, 0.1) is 5.41 Å². The minimum Gasteiger partial charge on any atom is -0.459 e. The van der Waals surface area contributed by atoms with E-state index in [1.165, 1.54) is 0 Å². The van der Waals surface area contributed by atoms with Gasteiger partial charge in [0.25, 0.3) is 0 Å². The van der Waals surface area contributed by atoms with Gasteiger partial charge in [0.15, 0.2) is 0 Å². The van der Waals surface area contributed by atoms with Crippen molar-refractivity contribution in [3.05, 3.63) is 0 Å². The van der Waals surface area contributed by atoms with Gasteiger partial charge in [0.05, 0.1) is 0 Å². The summed E-state index contributed by atoms with van der Waals surface area (Å²) >= 11 is 0. The largest absolute Gasteiger partial charge is 0.459 e. The second-order valence-electron chi connectivity index (χ2n) is 4.59. The molecule has 4 nitrogen and oxygen atoms in total. The fourth-order valence-corrected chi connectivity index (χ4v) is 1.19. The third kappa shape index (κ3) is 2.19. The van der Waals surface area contributed by atoms with Crippen molar-refractivity contribution in [3.63, 3.8) is 0 Å². The van der Waals surface area contributed by atoms with Crippen LogP contribution in [0.3, 0.4) is 0 Å². The van der Waals surface area contributed by atoms with Crippen LogP contribution in [0.25, 0.3) is 0 Å². The summed E-state index contributed by atoms with van der Waals surface area (Å²) in [4.78, 5) is 11.7. The molecule has 3 N–H and O–H groups in total. The molecule has 76 valence electrons. The molecule has 13 heavy (non-hydrogen) atoms. The van der Waals surface area contributed by atoms with Crippen molar-refractivity contribution in [2.45, 2.75) is 26.4 Å². The molecule has 0 amide bonds. The monoisotopic (exact) mass is 186 g/mol. The van der Waals surface area contributed by atoms with Gasteiger partial charge in [-0.05, 0) is 20.8 Å². The summed E-state index contributed by atoms with van der Waals surface area (Å²) in [5, 5.41) is 3.04. The second kappa shape index (κ2) is 3.27. The molecule has 0 aliphatic carbocycles. The second-order valence-corrected chi connectivity index (χ2v) is 4.59. The standard InChI is InChI=1S/C9H18N2O2/c1-8(2,3)13-7(12)9(4-10)5-11-6-9/h11H,4-6,10H2,1-3H3. The minimum atomic E-state index is -0.465. The Hall–Kier alpha value is -0.610. The van der Waals surface area contributed by atoms with E-state index in [4.69, 9.17) is 10.5 Å². The number of ether oxygens (including phenoxy) is 1. The van der Waals surface area contributed by atoms with E-state index in [0.29, 0.717) is 19.6 Å². The molecule has 0 aromatic heterocycles. The number of rotatable bonds is 2. The molecule has 0 aromatic rings. The zero-order valence-corrected chi connectivity index (χ0v) is 8.52. The van der Waals surface area contributed by atoms with E-state index in [-0.39, 0.29) is 5.97 Å². The molecule has 0 radical (unpaired) electrons. The average Bonchev–Trinajstić information content (AvgIpc) is 1.80. The minimum absolute atomic E-state index is 0.179. The van der Waals surface area contributed by atoms with Gasteiger partial charge in [-0.25, -0.2) is 0 Å². The predicted octanol–water partition coefficient (Wildman–Crippen LogP) is -0.124. The molecule has 0 unspecified atom stereocenters. The van der Waals surface area contributed by atoms with E-state index < -0.39 is 11.0 Å². The summed E-state index contributed by atoms with van der Waals surface area (Å²) in [5.74, 6) is -0.179. The first kappa shape index (κ1) is 10.5. The molecule has 1 aliphatic rings. The first-order chi connectivity index (χ1) is 5.90. The van der Waals surface area contributed by atoms with E-state index in [1.807, 2.05) is 20.8 Å². The molecular formula is C9H18N2O2. The van der Waals surface area contributed by atoms with Gasteiger partial charge in [-0.1, -0.05) is 0 Å². The highest BCUT2D eigenvalue weighted by atomic mass is 16.6. The van der Waals surface area contributed by atoms with Gasteiger partial charge in [-0.15, -0.1) is 0 Å². The summed E-state index contributed by atoms with van der Waals surface area (Å²) in [7, 11) is 0. The van der Waals surface area contributed by atoms with Gasteiger partial charge in [0, 0.05) is 19.6 Å². The average molecular weight is 186 g/mol. The Bertz CT molecular complexity index is 199. The maximum atomic E-state index is 11.7. The zero-order chi connectivity index (χ0) is 10.1. The molecule has 0 spiro atoms. The van der Waals surface area contributed by atoms with Crippen molar-refractivity contribution in [1.82, 2.24) is 5.32 Å². The molecule has 1 saturated heterocycles. The molecule has 1 aliphatic heterocycles. The third-order valence-electron chi connectivity index (χ3n) is 2.15. The summed E-state index contributed by atoms with van der Waals surface area (Å²) < 4.78 is 5.28. The lowest BCUT2D eigenvalue weighted by molar-refractivity contribution is -0.170. The van der Waals surface area contributed by atoms with Crippen LogP contribution < -0.4 is 11.1 Å². The Morgan fingerprint density at radius 3 is 2.31 bits per heavy atom. The molecule has 0 bridgehead atoms. The quantitative estimate of drug-likeness (QED) is 0.590. The van der Waals surface area contributed by atoms with Crippen molar-refractivity contribution in [3.8, 4) is 0 Å². The van der Waals surface area contributed by atoms with Crippen molar-refractivity contribution < 1.29 is 9.53 Å². The van der Waals surface area contributed by atoms with Crippen LogP contribution in [0.4, 0.5) is 0 Å². The molecule has 0 atom stereocenters. The van der Waals surface area contributed by atoms with E-state index >= 15 is 0 Å². The summed E-state index contributed by atoms with van der Waals surface area (Å²) in [6.45, 7) is 7.22. The Morgan fingerprint density at radius 1 is 1.54 bits per heavy atom. The topological polar surface area (TPSA) is 64.3 Å². The van der Waals surface area contributed by atoms with Crippen molar-refractivity contribution in [2.75, 3.05) is 19.6 Å². The van der Waals surface area contributed by atoms with Gasteiger partial charge in [-0.2, -0.15) is 0 Å². The number of nitrogens with two attached hydrogens (primary N) is 1. The molecule has 1 fully saturated rings. The smallest absolute Gasteiger partial charge is 0.316 e. The van der Waals surface area contributed by atoms with E-state index in [2.05, 4.69) is 5.32 Å². The molecule has 1 rings (SSSR count). The first-order valence-corrected chi connectivity index (χ1v) is 4.54. The number of nitrogens with one attached hydrogen (secondary N) is 1. The number of carbonyl (C=O) groups excluding carboxylic acids is 1. The SMILES string of the molecule is CC(C)(C)OC(=O)C1(CN)CNC1. The highest BCUT2D eigenvalue weighted by Crippen LogP contribution is 2.25. The van der Waals surface area contributed by atoms with Crippen LogP contribution >= 0.6 is 0 Å². The summed E-state index contributed by atoms with van der Waals surface area (Å²) in [6, 6.07) is 0. The molecular weight excluding hydrogens is 168 g/mol. The van der Waals surface area contributed by atoms with Crippen molar-refractivity contribution in [1.29, 1.82) is 0 Å². The molecule has 1 heterocycles. The lowest BCUT2D eigenvalue weighted by Gasteiger charge is -2.40. The van der Waals surface area contributed by atoms with E-state index in [1.54, 1.807) is 0 Å². The fraction of sp³-hybridized carbons (Fsp3) is 0.889. The first-order valence-electron chi connectivity index (χ1n) is 4.54. The van der Waals surface area contributed by atoms with Crippen LogP contribution in [0.5, 0.6) is 0 Å². The third-order valence-corrected chi connectivity index (χ3v) is 2.15. The molecule has 0 aromatic carbocycles. The molecule has 4 heteroatoms. The van der Waals surface area contributed by atoms with Crippen LogP contribution in [0.1, 0.15) is 20.8 Å². The van der Waals surface area contributed by atoms with Gasteiger partial charge < -0.3 is 15.8 Å². The van der Waals surface area contributed by atoms with Crippen LogP contribution in [-0.4, -0.2) is 31.2 Å². The van der Waals surface area contributed by atoms with Gasteiger partial charge >= 0.3 is 5.97 Å². The highest BCUT2D eigenvalue weighted by molar-refractivity contribution is 5.79. The van der Waals surface area contributed by atoms with Gasteiger partial charge in [0.1, 0.15) is 11.0 Å². The number of hydrogen-bond acceptors (Lipinski definition) is 4. The maximum Gasteiger partial charge on any atom is 0.316 e. The van der Waals surface area contributed by atoms with Crippen LogP contribution in [0.15, 0.2) is 0 Å². The fourth-order valence-electron chi connectivity index (χ4n) is 1.19. The van der Waals surface area contributed by atoms with Crippen LogP contribution in [0.2, 0.25) is 0 Å². The van der Waals surface area contributed by atoms with Crippen molar-refractivity contribution >= 4 is 5.97 Å². The molecule has 0 saturated carbocycles. The Morgan fingerprint density at radius 2 is 2.08 bits per heavy atom. The maximum absolute atomic E-state index is 11.7. The van der Waals surface area contributed by atoms with E-state index in [0.717, 1.165) is 0 Å². The Kier molecular flexibility index (Phi) is 2.63. The summed E-state index contributed by atoms with van der Waals surface area (Å²) in [5.41, 5.74) is 4.66. The predicted molar refractivity (Wildman–Crippen MR) is 50.2 cm³/mol.